The van der Waals surface area contributed by atoms with Crippen molar-refractivity contribution in [2.24, 2.45) is 0 Å². The minimum Gasteiger partial charge on any atom is -0.459 e. The van der Waals surface area contributed by atoms with Crippen molar-refractivity contribution in [2.75, 3.05) is 0 Å². The molecule has 0 aliphatic carbocycles. The summed E-state index contributed by atoms with van der Waals surface area (Å²) in [5.41, 5.74) is -4.59. The van der Waals surface area contributed by atoms with Gasteiger partial charge in [0.25, 0.3) is 17.4 Å². The summed E-state index contributed by atoms with van der Waals surface area (Å²) in [5.74, 6) is -3.20. The number of carbonyl (C=O) groups excluding carboxylic acids is 2. The summed E-state index contributed by atoms with van der Waals surface area (Å²) in [6.07, 6.45) is -4.10. The Balaban J connectivity index is 2.53. The van der Waals surface area contributed by atoms with Crippen LogP contribution in [-0.2, 0) is 4.79 Å². The first-order chi connectivity index (χ1) is 9.74. The molecule has 0 spiro atoms. The van der Waals surface area contributed by atoms with Crippen molar-refractivity contribution in [1.29, 1.82) is 5.26 Å². The third-order valence-electron chi connectivity index (χ3n) is 2.97. The third-order valence-corrected chi connectivity index (χ3v) is 2.97. The van der Waals surface area contributed by atoms with Crippen LogP contribution < -0.4 is 10.6 Å². The summed E-state index contributed by atoms with van der Waals surface area (Å²) in [4.78, 5) is 23.6. The smallest absolute Gasteiger partial charge is 0.425 e. The molecule has 1 aliphatic rings. The predicted octanol–water partition coefficient (Wildman–Crippen LogP) is 1.24. The molecule has 6 nitrogen and oxygen atoms in total. The van der Waals surface area contributed by atoms with Gasteiger partial charge in [0.05, 0.1) is 17.9 Å². The Kier molecular flexibility index (Phi) is 3.25. The van der Waals surface area contributed by atoms with E-state index in [1.807, 2.05) is 5.32 Å². The van der Waals surface area contributed by atoms with Crippen molar-refractivity contribution in [3.8, 4) is 6.07 Å². The zero-order chi connectivity index (χ0) is 15.8. The Morgan fingerprint density at radius 2 is 2.19 bits per heavy atom. The molecule has 0 radical (unpaired) electrons. The average molecular weight is 299 g/mol. The lowest BCUT2D eigenvalue weighted by Gasteiger charge is -2.29. The van der Waals surface area contributed by atoms with E-state index in [0.717, 1.165) is 19.3 Å². The molecule has 1 atom stereocenters. The molecule has 0 bridgehead atoms. The first-order valence-corrected chi connectivity index (χ1v) is 5.59. The zero-order valence-corrected chi connectivity index (χ0v) is 10.5. The number of nitrogens with zero attached hydrogens (tertiary/aromatic N) is 1. The molecule has 2 heterocycles. The number of hydrogen-bond donors (Lipinski definition) is 2. The van der Waals surface area contributed by atoms with Crippen molar-refractivity contribution in [3.63, 3.8) is 0 Å². The van der Waals surface area contributed by atoms with Crippen LogP contribution in [0.1, 0.15) is 17.5 Å². The second-order valence-corrected chi connectivity index (χ2v) is 4.25. The summed E-state index contributed by atoms with van der Waals surface area (Å²) >= 11 is 0. The van der Waals surface area contributed by atoms with Crippen molar-refractivity contribution in [3.05, 3.63) is 35.4 Å². The van der Waals surface area contributed by atoms with E-state index in [2.05, 4.69) is 4.42 Å². The maximum Gasteiger partial charge on any atom is 0.425 e. The van der Waals surface area contributed by atoms with Gasteiger partial charge in [0.1, 0.15) is 0 Å². The van der Waals surface area contributed by atoms with Crippen LogP contribution in [0.2, 0.25) is 0 Å². The van der Waals surface area contributed by atoms with Crippen molar-refractivity contribution in [2.45, 2.75) is 18.6 Å². The van der Waals surface area contributed by atoms with Gasteiger partial charge in [-0.05, 0) is 19.1 Å². The highest BCUT2D eigenvalue weighted by molar-refractivity contribution is 6.03. The molecule has 0 unspecified atom stereocenters. The summed E-state index contributed by atoms with van der Waals surface area (Å²) < 4.78 is 44.8. The largest absolute Gasteiger partial charge is 0.459 e. The molecule has 0 aromatic carbocycles. The summed E-state index contributed by atoms with van der Waals surface area (Å²) in [6.45, 7) is 1.14. The molecule has 110 valence electrons. The van der Waals surface area contributed by atoms with Crippen LogP contribution in [0.25, 0.3) is 0 Å². The fourth-order valence-electron chi connectivity index (χ4n) is 1.99. The van der Waals surface area contributed by atoms with Crippen molar-refractivity contribution >= 4 is 11.8 Å². The lowest BCUT2D eigenvalue weighted by Crippen LogP contribution is -2.64. The number of halogens is 3. The second kappa shape index (κ2) is 4.66. The molecular weight excluding hydrogens is 291 g/mol. The molecule has 2 rings (SSSR count). The first kappa shape index (κ1) is 14.6. The summed E-state index contributed by atoms with van der Waals surface area (Å²) in [5, 5.41) is 12.4. The van der Waals surface area contributed by atoms with E-state index in [-0.39, 0.29) is 5.70 Å². The zero-order valence-electron chi connectivity index (χ0n) is 10.5. The molecular formula is C12H8F3N3O3. The number of furan rings is 1. The van der Waals surface area contributed by atoms with E-state index < -0.39 is 34.9 Å². The quantitative estimate of drug-likeness (QED) is 0.858. The number of hydrogen-bond acceptors (Lipinski definition) is 4. The van der Waals surface area contributed by atoms with E-state index in [0.29, 0.717) is 0 Å². The van der Waals surface area contributed by atoms with Gasteiger partial charge in [0.15, 0.2) is 5.76 Å². The number of nitrogens with one attached hydrogen (secondary N) is 2. The van der Waals surface area contributed by atoms with Gasteiger partial charge in [-0.15, -0.1) is 0 Å². The molecule has 9 heteroatoms. The first-order valence-electron chi connectivity index (χ1n) is 5.59. The number of rotatable bonds is 2. The SMILES string of the molecule is CC1=C(C#N)[C@@](NC(=O)c2ccco2)(C(F)(F)F)C(=O)N1. The molecule has 21 heavy (non-hydrogen) atoms. The predicted molar refractivity (Wildman–Crippen MR) is 61.4 cm³/mol. The van der Waals surface area contributed by atoms with Gasteiger partial charge in [-0.2, -0.15) is 18.4 Å². The standard InChI is InChI=1S/C12H8F3N3O3/c1-6-7(5-16)11(10(20)17-6,12(13,14)15)18-9(19)8-3-2-4-21-8/h2-4H,1H3,(H,17,20)(H,18,19)/t11-/m0/s1. The van der Waals surface area contributed by atoms with Gasteiger partial charge in [-0.3, -0.25) is 9.59 Å². The Bertz CT molecular complexity index is 670. The van der Waals surface area contributed by atoms with E-state index in [9.17, 15) is 22.8 Å². The van der Waals surface area contributed by atoms with Gasteiger partial charge in [0, 0.05) is 5.70 Å². The van der Waals surface area contributed by atoms with Crippen LogP contribution >= 0.6 is 0 Å². The van der Waals surface area contributed by atoms with Gasteiger partial charge in [0.2, 0.25) is 0 Å². The Hall–Kier alpha value is -2.76. The molecule has 1 aliphatic heterocycles. The Morgan fingerprint density at radius 3 is 2.67 bits per heavy atom. The van der Waals surface area contributed by atoms with Gasteiger partial charge in [-0.25, -0.2) is 0 Å². The fourth-order valence-corrected chi connectivity index (χ4v) is 1.99. The second-order valence-electron chi connectivity index (χ2n) is 4.25. The molecule has 1 aromatic heterocycles. The Morgan fingerprint density at radius 1 is 1.52 bits per heavy atom. The van der Waals surface area contributed by atoms with Crippen LogP contribution in [0.3, 0.4) is 0 Å². The number of nitriles is 1. The number of allylic oxidation sites excluding steroid dienone is 1. The number of carbonyl (C=O) groups is 2. The van der Waals surface area contributed by atoms with Gasteiger partial charge in [-0.1, -0.05) is 0 Å². The van der Waals surface area contributed by atoms with E-state index >= 15 is 0 Å². The monoisotopic (exact) mass is 299 g/mol. The van der Waals surface area contributed by atoms with E-state index in [4.69, 9.17) is 5.26 Å². The molecule has 0 fully saturated rings. The van der Waals surface area contributed by atoms with Crippen LogP contribution in [0, 0.1) is 11.3 Å². The van der Waals surface area contributed by atoms with Gasteiger partial charge < -0.3 is 15.1 Å². The molecule has 0 saturated heterocycles. The molecule has 2 N–H and O–H groups in total. The lowest BCUT2D eigenvalue weighted by atomic mass is 9.90. The highest BCUT2D eigenvalue weighted by atomic mass is 19.4. The van der Waals surface area contributed by atoms with Gasteiger partial charge >= 0.3 is 6.18 Å². The van der Waals surface area contributed by atoms with Crippen LogP contribution in [0.5, 0.6) is 0 Å². The topological polar surface area (TPSA) is 95.1 Å². The highest BCUT2D eigenvalue weighted by Crippen LogP contribution is 2.40. The number of alkyl halides is 3. The molecule has 2 amide bonds. The normalized spacial score (nSPS) is 22.0. The molecule has 0 saturated carbocycles. The third kappa shape index (κ3) is 2.05. The Labute approximate surface area is 116 Å². The minimum absolute atomic E-state index is 0.264. The highest BCUT2D eigenvalue weighted by Gasteiger charge is 2.67. The van der Waals surface area contributed by atoms with Crippen molar-refractivity contribution in [1.82, 2.24) is 10.6 Å². The van der Waals surface area contributed by atoms with Crippen LogP contribution in [-0.4, -0.2) is 23.5 Å². The summed E-state index contributed by atoms with van der Waals surface area (Å²) in [7, 11) is 0. The van der Waals surface area contributed by atoms with Crippen LogP contribution in [0.4, 0.5) is 13.2 Å². The molecule has 1 aromatic rings. The van der Waals surface area contributed by atoms with Crippen molar-refractivity contribution < 1.29 is 27.2 Å². The van der Waals surface area contributed by atoms with E-state index in [1.54, 1.807) is 5.32 Å². The fraction of sp³-hybridized carbons (Fsp3) is 0.250. The average Bonchev–Trinajstić information content (AvgIpc) is 2.96. The lowest BCUT2D eigenvalue weighted by molar-refractivity contribution is -0.185. The van der Waals surface area contributed by atoms with Crippen LogP contribution in [0.15, 0.2) is 34.1 Å². The summed E-state index contributed by atoms with van der Waals surface area (Å²) in [6, 6.07) is 3.76. The van der Waals surface area contributed by atoms with E-state index in [1.165, 1.54) is 12.1 Å². The maximum atomic E-state index is 13.4. The number of amides is 2. The minimum atomic E-state index is -5.19. The maximum absolute atomic E-state index is 13.4.